The highest BCUT2D eigenvalue weighted by atomic mass is 35.5. The minimum Gasteiger partial charge on any atom is -0.493 e. The van der Waals surface area contributed by atoms with Crippen molar-refractivity contribution in [1.82, 2.24) is 10.2 Å². The molecule has 0 bridgehead atoms. The topological polar surface area (TPSA) is 33.7 Å². The molecule has 0 saturated carbocycles. The summed E-state index contributed by atoms with van der Waals surface area (Å²) in [5.41, 5.74) is 3.63. The molecule has 0 radical (unpaired) electrons. The largest absolute Gasteiger partial charge is 0.493 e. The van der Waals surface area contributed by atoms with Gasteiger partial charge in [0.05, 0.1) is 7.11 Å². The summed E-state index contributed by atoms with van der Waals surface area (Å²) < 4.78 is 11.6. The number of unbranched alkanes of at least 4 members (excludes halogenated alkanes) is 2. The van der Waals surface area contributed by atoms with Crippen molar-refractivity contribution < 1.29 is 9.47 Å². The third-order valence-electron chi connectivity index (χ3n) is 5.52. The molecule has 2 rings (SSSR count). The van der Waals surface area contributed by atoms with Gasteiger partial charge in [-0.05, 0) is 75.6 Å². The molecule has 4 nitrogen and oxygen atoms in total. The van der Waals surface area contributed by atoms with E-state index in [1.165, 1.54) is 68.4 Å². The summed E-state index contributed by atoms with van der Waals surface area (Å²) in [6.45, 7) is 12.7. The number of rotatable bonds is 16. The van der Waals surface area contributed by atoms with Crippen LogP contribution in [0, 0.1) is 6.92 Å². The average Bonchev–Trinajstić information content (AvgIpc) is 2.79. The van der Waals surface area contributed by atoms with Crippen LogP contribution in [-0.4, -0.2) is 38.2 Å². The van der Waals surface area contributed by atoms with Gasteiger partial charge in [0.25, 0.3) is 0 Å². The maximum absolute atomic E-state index is 6.01. The molecule has 0 aliphatic rings. The lowest BCUT2D eigenvalue weighted by Gasteiger charge is -2.22. The fraction of sp³-hybridized carbons (Fsp3) is 0.556. The molecule has 2 aromatic rings. The second-order valence-corrected chi connectivity index (χ2v) is 8.34. The molecule has 0 atom stereocenters. The van der Waals surface area contributed by atoms with Crippen molar-refractivity contribution in [2.45, 2.75) is 66.0 Å². The number of halogens is 2. The van der Waals surface area contributed by atoms with Crippen molar-refractivity contribution >= 4 is 24.8 Å². The van der Waals surface area contributed by atoms with Crippen LogP contribution in [0.4, 0.5) is 0 Å². The highest BCUT2D eigenvalue weighted by Gasteiger charge is 2.07. The van der Waals surface area contributed by atoms with E-state index >= 15 is 0 Å². The van der Waals surface area contributed by atoms with E-state index in [1.54, 1.807) is 7.11 Å². The number of ether oxygens (including phenoxy) is 2. The Hall–Kier alpha value is -1.46. The van der Waals surface area contributed by atoms with E-state index in [4.69, 9.17) is 9.47 Å². The van der Waals surface area contributed by atoms with Crippen molar-refractivity contribution in [3.8, 4) is 11.5 Å². The Kier molecular flexibility index (Phi) is 18.1. The minimum absolute atomic E-state index is 0. The average molecular weight is 500 g/mol. The van der Waals surface area contributed by atoms with Gasteiger partial charge in [-0.15, -0.1) is 24.8 Å². The van der Waals surface area contributed by atoms with E-state index < -0.39 is 0 Å². The molecule has 0 aliphatic carbocycles. The normalized spacial score (nSPS) is 10.5. The number of hydrogen-bond acceptors (Lipinski definition) is 4. The Bertz CT molecular complexity index is 751. The van der Waals surface area contributed by atoms with E-state index in [-0.39, 0.29) is 24.8 Å². The van der Waals surface area contributed by atoms with E-state index in [0.717, 1.165) is 24.6 Å². The highest BCUT2D eigenvalue weighted by Crippen LogP contribution is 2.29. The van der Waals surface area contributed by atoms with E-state index in [9.17, 15) is 0 Å². The first-order chi connectivity index (χ1) is 15.2. The fourth-order valence-electron chi connectivity index (χ4n) is 3.66. The number of nitrogens with zero attached hydrogens (tertiary/aromatic N) is 1. The van der Waals surface area contributed by atoms with Crippen LogP contribution >= 0.6 is 24.8 Å². The minimum atomic E-state index is 0. The Morgan fingerprint density at radius 1 is 0.818 bits per heavy atom. The fourth-order valence-corrected chi connectivity index (χ4v) is 3.66. The molecule has 0 heterocycles. The van der Waals surface area contributed by atoms with Gasteiger partial charge in [0.15, 0.2) is 11.5 Å². The van der Waals surface area contributed by atoms with Gasteiger partial charge in [-0.1, -0.05) is 62.6 Å². The van der Waals surface area contributed by atoms with Gasteiger partial charge < -0.3 is 19.7 Å². The van der Waals surface area contributed by atoms with Crippen LogP contribution < -0.4 is 14.8 Å². The van der Waals surface area contributed by atoms with Crippen molar-refractivity contribution in [3.63, 3.8) is 0 Å². The van der Waals surface area contributed by atoms with Crippen LogP contribution in [0.25, 0.3) is 0 Å². The van der Waals surface area contributed by atoms with E-state index in [1.807, 2.05) is 6.07 Å². The lowest BCUT2D eigenvalue weighted by molar-refractivity contribution is 0.261. The van der Waals surface area contributed by atoms with E-state index in [2.05, 4.69) is 67.4 Å². The zero-order valence-corrected chi connectivity index (χ0v) is 22.5. The molecular formula is C27H44Cl2N2O2. The Morgan fingerprint density at radius 2 is 1.52 bits per heavy atom. The van der Waals surface area contributed by atoms with Gasteiger partial charge in [0.1, 0.15) is 6.61 Å². The molecule has 2 aromatic carbocycles. The van der Waals surface area contributed by atoms with E-state index in [0.29, 0.717) is 6.61 Å². The van der Waals surface area contributed by atoms with Gasteiger partial charge in [-0.2, -0.15) is 0 Å². The molecule has 1 N–H and O–H groups in total. The molecule has 0 aliphatic heterocycles. The Balaban J connectivity index is 0.00000512. The van der Waals surface area contributed by atoms with Crippen LogP contribution in [0.15, 0.2) is 42.5 Å². The van der Waals surface area contributed by atoms with Crippen molar-refractivity contribution in [2.75, 3.05) is 33.3 Å². The molecule has 0 amide bonds. The number of benzene rings is 2. The summed E-state index contributed by atoms with van der Waals surface area (Å²) in [5, 5.41) is 3.58. The van der Waals surface area contributed by atoms with Crippen LogP contribution in [0.5, 0.6) is 11.5 Å². The van der Waals surface area contributed by atoms with Gasteiger partial charge in [-0.3, -0.25) is 0 Å². The Labute approximate surface area is 214 Å². The molecule has 33 heavy (non-hydrogen) atoms. The second-order valence-electron chi connectivity index (χ2n) is 8.34. The molecule has 6 heteroatoms. The van der Waals surface area contributed by atoms with Crippen LogP contribution in [0.3, 0.4) is 0 Å². The zero-order chi connectivity index (χ0) is 22.3. The summed E-state index contributed by atoms with van der Waals surface area (Å²) in [6.07, 6.45) is 6.33. The lowest BCUT2D eigenvalue weighted by Crippen LogP contribution is -2.29. The van der Waals surface area contributed by atoms with Gasteiger partial charge in [-0.25, -0.2) is 0 Å². The SMILES string of the molecule is CCCCN(CCCC)CCCNCc1ccc(OCc2cccc(C)c2)c(OC)c1.Cl.Cl. The van der Waals surface area contributed by atoms with Gasteiger partial charge >= 0.3 is 0 Å². The first kappa shape index (κ1) is 31.5. The summed E-state index contributed by atoms with van der Waals surface area (Å²) >= 11 is 0. The molecular weight excluding hydrogens is 455 g/mol. The molecule has 188 valence electrons. The maximum atomic E-state index is 6.01. The monoisotopic (exact) mass is 498 g/mol. The third-order valence-corrected chi connectivity index (χ3v) is 5.52. The first-order valence-electron chi connectivity index (χ1n) is 11.9. The van der Waals surface area contributed by atoms with Crippen LogP contribution in [-0.2, 0) is 13.2 Å². The standard InChI is InChI=1S/C27H42N2O2.2ClH/c1-5-7-16-29(17-8-6-2)18-10-15-28-21-24-13-14-26(27(20-24)30-4)31-22-25-12-9-11-23(3)19-25;;/h9,11-14,19-20,28H,5-8,10,15-18,21-22H2,1-4H3;2*1H. The van der Waals surface area contributed by atoms with Crippen molar-refractivity contribution in [2.24, 2.45) is 0 Å². The summed E-state index contributed by atoms with van der Waals surface area (Å²) in [6, 6.07) is 14.6. The number of hydrogen-bond donors (Lipinski definition) is 1. The molecule has 0 unspecified atom stereocenters. The quantitative estimate of drug-likeness (QED) is 0.257. The second kappa shape index (κ2) is 18.9. The predicted octanol–water partition coefficient (Wildman–Crippen LogP) is 6.81. The summed E-state index contributed by atoms with van der Waals surface area (Å²) in [7, 11) is 1.70. The summed E-state index contributed by atoms with van der Waals surface area (Å²) in [5.74, 6) is 1.58. The number of nitrogens with one attached hydrogen (secondary N) is 1. The smallest absolute Gasteiger partial charge is 0.161 e. The predicted molar refractivity (Wildman–Crippen MR) is 146 cm³/mol. The highest BCUT2D eigenvalue weighted by molar-refractivity contribution is 5.85. The molecule has 0 aromatic heterocycles. The van der Waals surface area contributed by atoms with Crippen LogP contribution in [0.2, 0.25) is 0 Å². The number of methoxy groups -OCH3 is 1. The van der Waals surface area contributed by atoms with Gasteiger partial charge in [0, 0.05) is 6.54 Å². The zero-order valence-electron chi connectivity index (χ0n) is 20.9. The maximum Gasteiger partial charge on any atom is 0.161 e. The Morgan fingerprint density at radius 3 is 2.15 bits per heavy atom. The van der Waals surface area contributed by atoms with Gasteiger partial charge in [0.2, 0.25) is 0 Å². The first-order valence-corrected chi connectivity index (χ1v) is 11.9. The molecule has 0 spiro atoms. The van der Waals surface area contributed by atoms with Crippen LogP contribution in [0.1, 0.15) is 62.6 Å². The molecule has 0 saturated heterocycles. The van der Waals surface area contributed by atoms with Crippen molar-refractivity contribution in [3.05, 3.63) is 59.2 Å². The molecule has 0 fully saturated rings. The third kappa shape index (κ3) is 12.5. The number of aryl methyl sites for hydroxylation is 1. The van der Waals surface area contributed by atoms with Crippen molar-refractivity contribution in [1.29, 1.82) is 0 Å². The summed E-state index contributed by atoms with van der Waals surface area (Å²) in [4.78, 5) is 2.62. The lowest BCUT2D eigenvalue weighted by atomic mass is 10.1.